The lowest BCUT2D eigenvalue weighted by Gasteiger charge is -2.35. The maximum atomic E-state index is 5.91. The van der Waals surface area contributed by atoms with Gasteiger partial charge in [0, 0.05) is 36.9 Å². The van der Waals surface area contributed by atoms with Gasteiger partial charge in [0.1, 0.15) is 0 Å². The van der Waals surface area contributed by atoms with E-state index >= 15 is 0 Å². The molecule has 1 aromatic carbocycles. The summed E-state index contributed by atoms with van der Waals surface area (Å²) in [6.07, 6.45) is 0. The Hall–Kier alpha value is -1.11. The third kappa shape index (κ3) is 2.91. The van der Waals surface area contributed by atoms with Crippen LogP contribution in [0.3, 0.4) is 0 Å². The van der Waals surface area contributed by atoms with E-state index in [0.29, 0.717) is 0 Å². The van der Waals surface area contributed by atoms with Crippen LogP contribution in [0.4, 0.5) is 10.8 Å². The van der Waals surface area contributed by atoms with E-state index in [9.17, 15) is 0 Å². The fraction of sp³-hybridized carbons (Fsp3) is 0.333. The summed E-state index contributed by atoms with van der Waals surface area (Å²) in [4.78, 5) is 4.63. The van der Waals surface area contributed by atoms with Crippen LogP contribution in [0.25, 0.3) is 0 Å². The van der Waals surface area contributed by atoms with Crippen LogP contribution in [0.15, 0.2) is 24.3 Å². The Morgan fingerprint density at radius 1 is 1.11 bits per heavy atom. The van der Waals surface area contributed by atoms with Crippen molar-refractivity contribution in [1.29, 1.82) is 0 Å². The number of benzene rings is 1. The molecular formula is C12H13ClN4S2. The molecule has 19 heavy (non-hydrogen) atoms. The summed E-state index contributed by atoms with van der Waals surface area (Å²) in [7, 11) is 0. The quantitative estimate of drug-likeness (QED) is 0.864. The van der Waals surface area contributed by atoms with Gasteiger partial charge in [-0.2, -0.15) is 0 Å². The Kier molecular flexibility index (Phi) is 3.72. The van der Waals surface area contributed by atoms with Crippen LogP contribution >= 0.6 is 35.2 Å². The highest BCUT2D eigenvalue weighted by Gasteiger charge is 2.19. The van der Waals surface area contributed by atoms with E-state index in [1.807, 2.05) is 12.1 Å². The number of aromatic amines is 1. The topological polar surface area (TPSA) is 35.2 Å². The van der Waals surface area contributed by atoms with Gasteiger partial charge in [0.15, 0.2) is 3.95 Å². The van der Waals surface area contributed by atoms with Crippen molar-refractivity contribution >= 4 is 46.0 Å². The van der Waals surface area contributed by atoms with Crippen molar-refractivity contribution in [2.24, 2.45) is 0 Å². The summed E-state index contributed by atoms with van der Waals surface area (Å²) in [6, 6.07) is 8.00. The standard InChI is InChI=1S/C12H13ClN4S2/c13-9-1-3-10(4-2-9)16-5-7-17(8-6-16)11-14-15-12(18)19-11/h1-4H,5-8H2,(H,15,18). The number of rotatable bonds is 2. The second kappa shape index (κ2) is 5.48. The SMILES string of the molecule is S=c1[nH]nc(N2CCN(c3ccc(Cl)cc3)CC2)s1. The average molecular weight is 313 g/mol. The number of nitrogens with zero attached hydrogens (tertiary/aromatic N) is 3. The molecule has 0 saturated carbocycles. The Morgan fingerprint density at radius 3 is 2.32 bits per heavy atom. The van der Waals surface area contributed by atoms with Crippen LogP contribution in [0.5, 0.6) is 0 Å². The molecule has 2 heterocycles. The van der Waals surface area contributed by atoms with E-state index in [2.05, 4.69) is 32.1 Å². The molecule has 4 nitrogen and oxygen atoms in total. The predicted octanol–water partition coefficient (Wildman–Crippen LogP) is 3.18. The van der Waals surface area contributed by atoms with Crippen molar-refractivity contribution in [1.82, 2.24) is 10.2 Å². The molecule has 1 fully saturated rings. The zero-order valence-corrected chi connectivity index (χ0v) is 12.6. The molecule has 0 aliphatic carbocycles. The van der Waals surface area contributed by atoms with Crippen LogP contribution in [0.2, 0.25) is 5.02 Å². The summed E-state index contributed by atoms with van der Waals surface area (Å²) < 4.78 is 0.732. The van der Waals surface area contributed by atoms with Crippen LogP contribution in [-0.4, -0.2) is 36.4 Å². The highest BCUT2D eigenvalue weighted by atomic mass is 35.5. The van der Waals surface area contributed by atoms with Crippen molar-refractivity contribution in [3.8, 4) is 0 Å². The first-order chi connectivity index (χ1) is 9.22. The highest BCUT2D eigenvalue weighted by molar-refractivity contribution is 7.73. The second-order valence-corrected chi connectivity index (χ2v) is 6.43. The first-order valence-corrected chi connectivity index (χ1v) is 7.63. The van der Waals surface area contributed by atoms with E-state index in [4.69, 9.17) is 23.8 Å². The molecule has 0 unspecified atom stereocenters. The summed E-state index contributed by atoms with van der Waals surface area (Å²) in [5.41, 5.74) is 1.22. The van der Waals surface area contributed by atoms with Crippen molar-refractivity contribution in [2.75, 3.05) is 36.0 Å². The highest BCUT2D eigenvalue weighted by Crippen LogP contribution is 2.23. The Morgan fingerprint density at radius 2 is 1.74 bits per heavy atom. The molecule has 0 radical (unpaired) electrons. The van der Waals surface area contributed by atoms with Gasteiger partial charge < -0.3 is 9.80 Å². The number of anilines is 2. The normalized spacial score (nSPS) is 15.8. The lowest BCUT2D eigenvalue weighted by atomic mass is 10.2. The lowest BCUT2D eigenvalue weighted by molar-refractivity contribution is 0.649. The van der Waals surface area contributed by atoms with Crippen LogP contribution < -0.4 is 9.80 Å². The molecule has 2 aromatic rings. The number of aromatic nitrogens is 2. The average Bonchev–Trinajstić information content (AvgIpc) is 2.87. The summed E-state index contributed by atoms with van der Waals surface area (Å²) in [6.45, 7) is 3.87. The fourth-order valence-electron chi connectivity index (χ4n) is 2.17. The van der Waals surface area contributed by atoms with Gasteiger partial charge in [-0.15, -0.1) is 5.10 Å². The molecular weight excluding hydrogens is 300 g/mol. The molecule has 3 rings (SSSR count). The molecule has 0 bridgehead atoms. The third-order valence-electron chi connectivity index (χ3n) is 3.17. The molecule has 7 heteroatoms. The molecule has 0 amide bonds. The van der Waals surface area contributed by atoms with E-state index in [0.717, 1.165) is 40.3 Å². The minimum absolute atomic E-state index is 0.732. The van der Waals surface area contributed by atoms with Crippen molar-refractivity contribution < 1.29 is 0 Å². The molecule has 1 aromatic heterocycles. The van der Waals surface area contributed by atoms with Gasteiger partial charge in [0.25, 0.3) is 0 Å². The van der Waals surface area contributed by atoms with Gasteiger partial charge in [-0.25, -0.2) is 0 Å². The Bertz CT molecular complexity index is 599. The number of hydrogen-bond donors (Lipinski definition) is 1. The maximum absolute atomic E-state index is 5.91. The van der Waals surface area contributed by atoms with E-state index in [1.165, 1.54) is 17.0 Å². The molecule has 100 valence electrons. The van der Waals surface area contributed by atoms with Crippen LogP contribution in [-0.2, 0) is 0 Å². The number of H-pyrrole nitrogens is 1. The second-order valence-electron chi connectivity index (χ2n) is 4.35. The summed E-state index contributed by atoms with van der Waals surface area (Å²) in [5.74, 6) is 0. The number of piperazine rings is 1. The molecule has 1 N–H and O–H groups in total. The van der Waals surface area contributed by atoms with Gasteiger partial charge >= 0.3 is 0 Å². The minimum atomic E-state index is 0.732. The van der Waals surface area contributed by atoms with E-state index in [-0.39, 0.29) is 0 Å². The predicted molar refractivity (Wildman–Crippen MR) is 83.2 cm³/mol. The molecule has 1 aliphatic rings. The van der Waals surface area contributed by atoms with Gasteiger partial charge in [0.2, 0.25) is 5.13 Å². The van der Waals surface area contributed by atoms with Gasteiger partial charge in [-0.05, 0) is 36.5 Å². The van der Waals surface area contributed by atoms with E-state index in [1.54, 1.807) is 0 Å². The van der Waals surface area contributed by atoms with Crippen molar-refractivity contribution in [2.45, 2.75) is 0 Å². The number of hydrogen-bond acceptors (Lipinski definition) is 5. The Labute approximate surface area is 125 Å². The van der Waals surface area contributed by atoms with E-state index < -0.39 is 0 Å². The molecule has 1 aliphatic heterocycles. The maximum Gasteiger partial charge on any atom is 0.207 e. The van der Waals surface area contributed by atoms with Gasteiger partial charge in [0.05, 0.1) is 0 Å². The molecule has 1 saturated heterocycles. The molecule has 0 atom stereocenters. The molecule has 0 spiro atoms. The fourth-order valence-corrected chi connectivity index (χ4v) is 3.22. The summed E-state index contributed by atoms with van der Waals surface area (Å²) in [5, 5.41) is 8.82. The summed E-state index contributed by atoms with van der Waals surface area (Å²) >= 11 is 12.5. The minimum Gasteiger partial charge on any atom is -0.368 e. The van der Waals surface area contributed by atoms with Gasteiger partial charge in [-0.3, -0.25) is 5.10 Å². The largest absolute Gasteiger partial charge is 0.368 e. The number of halogens is 1. The first kappa shape index (κ1) is 12.9. The van der Waals surface area contributed by atoms with Crippen LogP contribution in [0, 0.1) is 3.95 Å². The zero-order chi connectivity index (χ0) is 13.2. The van der Waals surface area contributed by atoms with Crippen LogP contribution in [0.1, 0.15) is 0 Å². The number of nitrogens with one attached hydrogen (secondary N) is 1. The third-order valence-corrected chi connectivity index (χ3v) is 4.57. The monoisotopic (exact) mass is 312 g/mol. The smallest absolute Gasteiger partial charge is 0.207 e. The Balaban J connectivity index is 1.66. The van der Waals surface area contributed by atoms with Crippen molar-refractivity contribution in [3.63, 3.8) is 0 Å². The first-order valence-electron chi connectivity index (χ1n) is 6.03. The zero-order valence-electron chi connectivity index (χ0n) is 10.2. The lowest BCUT2D eigenvalue weighted by Crippen LogP contribution is -2.46. The van der Waals surface area contributed by atoms with Crippen molar-refractivity contribution in [3.05, 3.63) is 33.2 Å². The van der Waals surface area contributed by atoms with Gasteiger partial charge in [-0.1, -0.05) is 22.9 Å².